The van der Waals surface area contributed by atoms with Gasteiger partial charge in [0, 0.05) is 23.9 Å². The maximum absolute atomic E-state index is 13.3. The van der Waals surface area contributed by atoms with Gasteiger partial charge in [-0.05, 0) is 30.7 Å². The molecule has 0 aliphatic heterocycles. The summed E-state index contributed by atoms with van der Waals surface area (Å²) in [7, 11) is 0. The molecule has 2 rings (SSSR count). The SMILES string of the molecule is CCCCN(C(=O)c1cc(F)cc(F)c1)c1ccccc1. The fraction of sp³-hybridized carbons (Fsp3) is 0.235. The van der Waals surface area contributed by atoms with Gasteiger partial charge in [-0.2, -0.15) is 0 Å². The first kappa shape index (κ1) is 15.2. The fourth-order valence-corrected chi connectivity index (χ4v) is 2.11. The van der Waals surface area contributed by atoms with Crippen LogP contribution in [-0.4, -0.2) is 12.5 Å². The van der Waals surface area contributed by atoms with Gasteiger partial charge in [-0.3, -0.25) is 4.79 Å². The van der Waals surface area contributed by atoms with Crippen molar-refractivity contribution < 1.29 is 13.6 Å². The summed E-state index contributed by atoms with van der Waals surface area (Å²) >= 11 is 0. The molecule has 0 bridgehead atoms. The van der Waals surface area contributed by atoms with Crippen molar-refractivity contribution in [2.24, 2.45) is 0 Å². The first-order valence-corrected chi connectivity index (χ1v) is 6.95. The van der Waals surface area contributed by atoms with E-state index in [1.807, 2.05) is 37.3 Å². The van der Waals surface area contributed by atoms with Gasteiger partial charge in [0.1, 0.15) is 11.6 Å². The molecule has 0 aliphatic carbocycles. The monoisotopic (exact) mass is 289 g/mol. The minimum atomic E-state index is -0.748. The first-order valence-electron chi connectivity index (χ1n) is 6.95. The fourth-order valence-electron chi connectivity index (χ4n) is 2.11. The Morgan fingerprint density at radius 1 is 1.05 bits per heavy atom. The molecule has 2 aromatic carbocycles. The molecule has 2 nitrogen and oxygen atoms in total. The average Bonchev–Trinajstić information content (AvgIpc) is 2.47. The molecule has 0 heterocycles. The van der Waals surface area contributed by atoms with Crippen LogP contribution in [0.4, 0.5) is 14.5 Å². The molecule has 4 heteroatoms. The molecular weight excluding hydrogens is 272 g/mol. The zero-order chi connectivity index (χ0) is 15.2. The topological polar surface area (TPSA) is 20.3 Å². The van der Waals surface area contributed by atoms with Crippen LogP contribution in [-0.2, 0) is 0 Å². The zero-order valence-corrected chi connectivity index (χ0v) is 11.9. The maximum atomic E-state index is 13.3. The van der Waals surface area contributed by atoms with Crippen LogP contribution >= 0.6 is 0 Å². The molecule has 1 amide bonds. The lowest BCUT2D eigenvalue weighted by atomic mass is 10.1. The van der Waals surface area contributed by atoms with Crippen LogP contribution in [0, 0.1) is 11.6 Å². The molecular formula is C17H17F2NO. The smallest absolute Gasteiger partial charge is 0.258 e. The van der Waals surface area contributed by atoms with Crippen molar-refractivity contribution >= 4 is 11.6 Å². The third-order valence-corrected chi connectivity index (χ3v) is 3.16. The highest BCUT2D eigenvalue weighted by molar-refractivity contribution is 6.06. The van der Waals surface area contributed by atoms with E-state index in [0.29, 0.717) is 6.54 Å². The van der Waals surface area contributed by atoms with Gasteiger partial charge < -0.3 is 4.90 Å². The van der Waals surface area contributed by atoms with Crippen LogP contribution in [0.2, 0.25) is 0 Å². The maximum Gasteiger partial charge on any atom is 0.258 e. The molecule has 0 unspecified atom stereocenters. The molecule has 0 aliphatic rings. The summed E-state index contributed by atoms with van der Waals surface area (Å²) in [5.41, 5.74) is 0.744. The van der Waals surface area contributed by atoms with E-state index in [0.717, 1.165) is 36.7 Å². The third-order valence-electron chi connectivity index (χ3n) is 3.16. The molecule has 0 radical (unpaired) electrons. The summed E-state index contributed by atoms with van der Waals surface area (Å²) in [6, 6.07) is 12.0. The normalized spacial score (nSPS) is 10.4. The third kappa shape index (κ3) is 3.88. The molecule has 0 atom stereocenters. The van der Waals surface area contributed by atoms with E-state index in [4.69, 9.17) is 0 Å². The number of rotatable bonds is 5. The van der Waals surface area contributed by atoms with Gasteiger partial charge in [-0.15, -0.1) is 0 Å². The van der Waals surface area contributed by atoms with Gasteiger partial charge in [-0.1, -0.05) is 31.5 Å². The second kappa shape index (κ2) is 6.97. The minimum absolute atomic E-state index is 0.0208. The summed E-state index contributed by atoms with van der Waals surface area (Å²) in [6.07, 6.45) is 1.74. The molecule has 0 fully saturated rings. The number of amides is 1. The van der Waals surface area contributed by atoms with Gasteiger partial charge in [0.15, 0.2) is 0 Å². The highest BCUT2D eigenvalue weighted by Crippen LogP contribution is 2.19. The second-order valence-electron chi connectivity index (χ2n) is 4.80. The van der Waals surface area contributed by atoms with E-state index in [1.165, 1.54) is 0 Å². The number of anilines is 1. The summed E-state index contributed by atoms with van der Waals surface area (Å²) < 4.78 is 26.6. The van der Waals surface area contributed by atoms with Gasteiger partial charge in [-0.25, -0.2) is 8.78 Å². The van der Waals surface area contributed by atoms with E-state index in [9.17, 15) is 13.6 Å². The van der Waals surface area contributed by atoms with Gasteiger partial charge >= 0.3 is 0 Å². The molecule has 0 saturated carbocycles. The average molecular weight is 289 g/mol. The van der Waals surface area contributed by atoms with Crippen LogP contribution in [0.3, 0.4) is 0 Å². The number of nitrogens with zero attached hydrogens (tertiary/aromatic N) is 1. The van der Waals surface area contributed by atoms with Crippen molar-refractivity contribution in [1.29, 1.82) is 0 Å². The summed E-state index contributed by atoms with van der Waals surface area (Å²) in [4.78, 5) is 14.1. The molecule has 110 valence electrons. The Morgan fingerprint density at radius 3 is 2.24 bits per heavy atom. The molecule has 21 heavy (non-hydrogen) atoms. The lowest BCUT2D eigenvalue weighted by molar-refractivity contribution is 0.0985. The standard InChI is InChI=1S/C17H17F2NO/c1-2-3-9-20(16-7-5-4-6-8-16)17(21)13-10-14(18)12-15(19)11-13/h4-8,10-12H,2-3,9H2,1H3. The Labute approximate surface area is 123 Å². The van der Waals surface area contributed by atoms with E-state index in [1.54, 1.807) is 4.90 Å². The van der Waals surface area contributed by atoms with Crippen molar-refractivity contribution in [3.63, 3.8) is 0 Å². The summed E-state index contributed by atoms with van der Waals surface area (Å²) in [6.45, 7) is 2.53. The Morgan fingerprint density at radius 2 is 1.67 bits per heavy atom. The number of benzene rings is 2. The summed E-state index contributed by atoms with van der Waals surface area (Å²) in [5.74, 6) is -1.89. The molecule has 0 spiro atoms. The highest BCUT2D eigenvalue weighted by Gasteiger charge is 2.18. The van der Waals surface area contributed by atoms with Crippen LogP contribution in [0.15, 0.2) is 48.5 Å². The largest absolute Gasteiger partial charge is 0.308 e. The van der Waals surface area contributed by atoms with Crippen molar-refractivity contribution in [1.82, 2.24) is 0 Å². The number of carbonyl (C=O) groups is 1. The quantitative estimate of drug-likeness (QED) is 0.798. The molecule has 0 aromatic heterocycles. The van der Waals surface area contributed by atoms with Crippen molar-refractivity contribution in [3.05, 3.63) is 65.7 Å². The van der Waals surface area contributed by atoms with Gasteiger partial charge in [0.2, 0.25) is 0 Å². The van der Waals surface area contributed by atoms with Crippen LogP contribution in [0.5, 0.6) is 0 Å². The Bertz CT molecular complexity index is 593. The molecule has 0 N–H and O–H groups in total. The zero-order valence-electron chi connectivity index (χ0n) is 11.9. The van der Waals surface area contributed by atoms with Gasteiger partial charge in [0.05, 0.1) is 0 Å². The minimum Gasteiger partial charge on any atom is -0.308 e. The molecule has 0 saturated heterocycles. The van der Waals surface area contributed by atoms with E-state index in [-0.39, 0.29) is 5.56 Å². The van der Waals surface area contributed by atoms with Gasteiger partial charge in [0.25, 0.3) is 5.91 Å². The van der Waals surface area contributed by atoms with E-state index < -0.39 is 17.5 Å². The predicted octanol–water partition coefficient (Wildman–Crippen LogP) is 4.41. The lowest BCUT2D eigenvalue weighted by Crippen LogP contribution is -2.32. The van der Waals surface area contributed by atoms with Crippen LogP contribution in [0.25, 0.3) is 0 Å². The van der Waals surface area contributed by atoms with E-state index in [2.05, 4.69) is 0 Å². The number of para-hydroxylation sites is 1. The predicted molar refractivity (Wildman–Crippen MR) is 79.4 cm³/mol. The first-order chi connectivity index (χ1) is 10.1. The van der Waals surface area contributed by atoms with Crippen molar-refractivity contribution in [2.75, 3.05) is 11.4 Å². The van der Waals surface area contributed by atoms with Crippen LogP contribution in [0.1, 0.15) is 30.1 Å². The summed E-state index contributed by atoms with van der Waals surface area (Å²) in [5, 5.41) is 0. The Hall–Kier alpha value is -2.23. The van der Waals surface area contributed by atoms with Crippen molar-refractivity contribution in [3.8, 4) is 0 Å². The number of hydrogen-bond acceptors (Lipinski definition) is 1. The number of halogens is 2. The lowest BCUT2D eigenvalue weighted by Gasteiger charge is -2.23. The molecule has 2 aromatic rings. The van der Waals surface area contributed by atoms with Crippen molar-refractivity contribution in [2.45, 2.75) is 19.8 Å². The Kier molecular flexibility index (Phi) is 5.04. The number of hydrogen-bond donors (Lipinski definition) is 0. The van der Waals surface area contributed by atoms with Crippen LogP contribution < -0.4 is 4.90 Å². The number of unbranched alkanes of at least 4 members (excludes halogenated alkanes) is 1. The highest BCUT2D eigenvalue weighted by atomic mass is 19.1. The van der Waals surface area contributed by atoms with E-state index >= 15 is 0 Å². The second-order valence-corrected chi connectivity index (χ2v) is 4.80. The number of carbonyl (C=O) groups excluding carboxylic acids is 1. The Balaban J connectivity index is 2.33.